The van der Waals surface area contributed by atoms with Crippen molar-refractivity contribution in [1.29, 1.82) is 0 Å². The molecule has 2 heterocycles. The molecule has 0 N–H and O–H groups in total. The van der Waals surface area contributed by atoms with Gasteiger partial charge in [-0.1, -0.05) is 97.1 Å². The van der Waals surface area contributed by atoms with Gasteiger partial charge in [-0.15, -0.1) is 0 Å². The number of nitrogens with zero attached hydrogens (tertiary/aromatic N) is 2. The van der Waals surface area contributed by atoms with Crippen LogP contribution in [0.3, 0.4) is 0 Å². The van der Waals surface area contributed by atoms with Gasteiger partial charge in [-0.05, 0) is 34.4 Å². The van der Waals surface area contributed by atoms with Crippen LogP contribution in [0.5, 0.6) is 0 Å². The molecule has 176 valence electrons. The van der Waals surface area contributed by atoms with Gasteiger partial charge in [-0.3, -0.25) is 9.98 Å². The molecule has 2 nitrogen and oxygen atoms in total. The summed E-state index contributed by atoms with van der Waals surface area (Å²) in [6.07, 6.45) is 1.92. The SMILES string of the molecule is [Cl][Ti]([Cl])([Cl])[Cl].c1ccc(C2=Nc3ccccc3C2)cc1.c1ccc(C2=Nc3ccccc3C2)cc1. The summed E-state index contributed by atoms with van der Waals surface area (Å²) in [7, 11) is 20.1. The second-order valence-electron chi connectivity index (χ2n) is 7.89. The summed E-state index contributed by atoms with van der Waals surface area (Å²) in [4.78, 5) is 9.28. The molecule has 0 saturated carbocycles. The Morgan fingerprint density at radius 2 is 0.771 bits per heavy atom. The Morgan fingerprint density at radius 3 is 1.11 bits per heavy atom. The predicted octanol–water partition coefficient (Wildman–Crippen LogP) is 9.48. The Morgan fingerprint density at radius 1 is 0.457 bits per heavy atom. The molecule has 0 spiro atoms. The van der Waals surface area contributed by atoms with Crippen molar-refractivity contribution in [3.05, 3.63) is 131 Å². The molecule has 2 aliphatic heterocycles. The number of benzene rings is 4. The summed E-state index contributed by atoms with van der Waals surface area (Å²) in [6, 6.07) is 37.4. The number of aliphatic imine (C=N–C) groups is 2. The Hall–Kier alpha value is -1.91. The zero-order chi connectivity index (χ0) is 24.7. The molecular weight excluding hydrogens is 554 g/mol. The molecule has 0 radical (unpaired) electrons. The van der Waals surface area contributed by atoms with Crippen molar-refractivity contribution in [3.63, 3.8) is 0 Å². The zero-order valence-electron chi connectivity index (χ0n) is 18.7. The van der Waals surface area contributed by atoms with E-state index in [1.165, 1.54) is 33.7 Å². The fourth-order valence-electron chi connectivity index (χ4n) is 3.86. The number of fused-ring (bicyclic) bond motifs is 2. The third-order valence-corrected chi connectivity index (χ3v) is 5.42. The maximum absolute atomic E-state index is 5.01. The third kappa shape index (κ3) is 8.05. The molecule has 4 aromatic carbocycles. The molecule has 0 fully saturated rings. The van der Waals surface area contributed by atoms with Crippen molar-refractivity contribution < 1.29 is 12.3 Å². The molecule has 0 amide bonds. The van der Waals surface area contributed by atoms with Crippen molar-refractivity contribution >= 4 is 60.0 Å². The first-order valence-corrected chi connectivity index (χ1v) is 19.6. The summed E-state index contributed by atoms with van der Waals surface area (Å²) in [5.74, 6) is 0. The van der Waals surface area contributed by atoms with Crippen LogP contribution in [0.1, 0.15) is 22.3 Å². The summed E-state index contributed by atoms with van der Waals surface area (Å²) >= 11 is -3.11. The van der Waals surface area contributed by atoms with Crippen molar-refractivity contribution in [2.75, 3.05) is 0 Å². The third-order valence-electron chi connectivity index (χ3n) is 5.42. The van der Waals surface area contributed by atoms with Gasteiger partial charge in [0.2, 0.25) is 0 Å². The Kier molecular flexibility index (Phi) is 9.24. The van der Waals surface area contributed by atoms with Gasteiger partial charge in [-0.2, -0.15) is 0 Å². The van der Waals surface area contributed by atoms with E-state index in [-0.39, 0.29) is 0 Å². The first-order chi connectivity index (χ1) is 16.9. The molecule has 7 heteroatoms. The molecular formula is C28H22Cl4N2Ti. The van der Waals surface area contributed by atoms with Gasteiger partial charge in [0.1, 0.15) is 0 Å². The van der Waals surface area contributed by atoms with Crippen molar-refractivity contribution in [2.24, 2.45) is 9.98 Å². The van der Waals surface area contributed by atoms with Crippen molar-refractivity contribution in [2.45, 2.75) is 12.8 Å². The average Bonchev–Trinajstić information content (AvgIpc) is 3.49. The second-order valence-corrected chi connectivity index (χ2v) is 23.4. The van der Waals surface area contributed by atoms with Crippen LogP contribution in [0.25, 0.3) is 0 Å². The summed E-state index contributed by atoms with van der Waals surface area (Å²) in [5.41, 5.74) is 9.72. The van der Waals surface area contributed by atoms with E-state index in [0.29, 0.717) is 0 Å². The van der Waals surface area contributed by atoms with Crippen LogP contribution in [0.2, 0.25) is 0 Å². The van der Waals surface area contributed by atoms with Crippen LogP contribution < -0.4 is 0 Å². The van der Waals surface area contributed by atoms with Gasteiger partial charge in [-0.25, -0.2) is 0 Å². The first-order valence-electron chi connectivity index (χ1n) is 11.0. The van der Waals surface area contributed by atoms with Crippen molar-refractivity contribution in [3.8, 4) is 0 Å². The summed E-state index contributed by atoms with van der Waals surface area (Å²) in [6.45, 7) is 0. The van der Waals surface area contributed by atoms with Crippen LogP contribution in [0.4, 0.5) is 11.4 Å². The summed E-state index contributed by atoms with van der Waals surface area (Å²) in [5, 5.41) is 0. The minimum Gasteiger partial charge on any atom is -0.252 e. The number of rotatable bonds is 2. The van der Waals surface area contributed by atoms with E-state index in [9.17, 15) is 0 Å². The van der Waals surface area contributed by atoms with Gasteiger partial charge < -0.3 is 0 Å². The van der Waals surface area contributed by atoms with Gasteiger partial charge in [0.25, 0.3) is 0 Å². The van der Waals surface area contributed by atoms with Crippen LogP contribution in [-0.4, -0.2) is 11.4 Å². The van der Waals surface area contributed by atoms with E-state index in [0.717, 1.165) is 24.2 Å². The predicted molar refractivity (Wildman–Crippen MR) is 149 cm³/mol. The number of hydrogen-bond donors (Lipinski definition) is 0. The Balaban J connectivity index is 0.000000139. The standard InChI is InChI=1S/2C14H11N.4ClH.Ti/c2*1-2-6-11(7-3-1)14-10-12-8-4-5-9-13(12)15-14;;;;;/h2*1-9H,10H2;4*1H;/q;;;;;;+4/p-4. The topological polar surface area (TPSA) is 24.7 Å². The smallest absolute Gasteiger partial charge is 0.0669 e. The van der Waals surface area contributed by atoms with Gasteiger partial charge in [0, 0.05) is 12.8 Å². The molecule has 0 unspecified atom stereocenters. The molecule has 0 aromatic heterocycles. The molecule has 4 aromatic rings. The quantitative estimate of drug-likeness (QED) is 0.213. The number of para-hydroxylation sites is 2. The molecule has 6 rings (SSSR count). The van der Waals surface area contributed by atoms with E-state index in [1.807, 2.05) is 24.3 Å². The van der Waals surface area contributed by atoms with E-state index < -0.39 is 12.3 Å². The van der Waals surface area contributed by atoms with Gasteiger partial charge in [0.15, 0.2) is 0 Å². The largest absolute Gasteiger partial charge is 0.252 e. The van der Waals surface area contributed by atoms with Gasteiger partial charge >= 0.3 is 49.6 Å². The minimum atomic E-state index is -3.11. The molecule has 35 heavy (non-hydrogen) atoms. The molecule has 0 bridgehead atoms. The van der Waals surface area contributed by atoms with Gasteiger partial charge in [0.05, 0.1) is 22.8 Å². The fraction of sp³-hybridized carbons (Fsp3) is 0.0714. The minimum absolute atomic E-state index is 0.959. The number of halogens is 4. The second kappa shape index (κ2) is 12.4. The molecule has 2 aliphatic rings. The monoisotopic (exact) mass is 574 g/mol. The van der Waals surface area contributed by atoms with Crippen LogP contribution >= 0.6 is 37.2 Å². The van der Waals surface area contributed by atoms with E-state index in [2.05, 4.69) is 94.9 Å². The average molecular weight is 576 g/mol. The Bertz CT molecular complexity index is 1230. The normalized spacial score (nSPS) is 13.3. The maximum Gasteiger partial charge on any atom is 0.0669 e. The maximum atomic E-state index is 5.01. The van der Waals surface area contributed by atoms with E-state index >= 15 is 0 Å². The molecule has 0 saturated heterocycles. The van der Waals surface area contributed by atoms with E-state index in [1.54, 1.807) is 0 Å². The number of hydrogen-bond acceptors (Lipinski definition) is 2. The first kappa shape index (κ1) is 26.2. The van der Waals surface area contributed by atoms with Crippen LogP contribution in [-0.2, 0) is 25.2 Å². The Labute approximate surface area is 225 Å². The van der Waals surface area contributed by atoms with Crippen molar-refractivity contribution in [1.82, 2.24) is 0 Å². The van der Waals surface area contributed by atoms with Crippen LogP contribution in [0, 0.1) is 0 Å². The van der Waals surface area contributed by atoms with E-state index in [4.69, 9.17) is 37.2 Å². The molecule has 0 atom stereocenters. The fourth-order valence-corrected chi connectivity index (χ4v) is 3.86. The molecule has 0 aliphatic carbocycles. The zero-order valence-corrected chi connectivity index (χ0v) is 23.3. The summed E-state index contributed by atoms with van der Waals surface area (Å²) < 4.78 is 0. The van der Waals surface area contributed by atoms with Crippen LogP contribution in [0.15, 0.2) is 119 Å².